The van der Waals surface area contributed by atoms with Gasteiger partial charge in [0, 0.05) is 19.2 Å². The minimum atomic E-state index is -0.258. The van der Waals surface area contributed by atoms with Crippen LogP contribution in [0.2, 0.25) is 0 Å². The van der Waals surface area contributed by atoms with Gasteiger partial charge in [0.2, 0.25) is 0 Å². The fourth-order valence-corrected chi connectivity index (χ4v) is 3.60. The van der Waals surface area contributed by atoms with E-state index in [0.717, 1.165) is 11.4 Å². The van der Waals surface area contributed by atoms with Crippen molar-refractivity contribution in [1.29, 1.82) is 0 Å². The van der Waals surface area contributed by atoms with Gasteiger partial charge in [-0.25, -0.2) is 9.07 Å². The van der Waals surface area contributed by atoms with Gasteiger partial charge in [-0.1, -0.05) is 72.8 Å². The van der Waals surface area contributed by atoms with Crippen molar-refractivity contribution in [2.24, 2.45) is 0 Å². The minimum Gasteiger partial charge on any atom is -0.340 e. The van der Waals surface area contributed by atoms with E-state index in [1.165, 1.54) is 23.3 Å². The zero-order valence-electron chi connectivity index (χ0n) is 17.0. The van der Waals surface area contributed by atoms with E-state index >= 15 is 0 Å². The van der Waals surface area contributed by atoms with Crippen LogP contribution < -0.4 is 5.32 Å². The first kappa shape index (κ1) is 20.8. The standard InChI is InChI=1S/C25H23FN4S/c26-23-13-7-12-22(16-23)19-30-24(14-15-27-30)28-25(31)29(17-20-8-3-1-4-9-20)18-21-10-5-2-6-11-21/h1-16H,17-19H2,(H,28,31). The Hall–Kier alpha value is -3.51. The van der Waals surface area contributed by atoms with Crippen LogP contribution in [0, 0.1) is 5.82 Å². The van der Waals surface area contributed by atoms with Crippen LogP contribution in [-0.2, 0) is 19.6 Å². The quantitative estimate of drug-likeness (QED) is 0.394. The molecule has 0 amide bonds. The molecule has 31 heavy (non-hydrogen) atoms. The zero-order chi connectivity index (χ0) is 21.5. The number of benzene rings is 3. The van der Waals surface area contributed by atoms with Crippen molar-refractivity contribution >= 4 is 23.1 Å². The largest absolute Gasteiger partial charge is 0.340 e. The Kier molecular flexibility index (Phi) is 6.69. The Labute approximate surface area is 187 Å². The number of anilines is 1. The number of rotatable bonds is 7. The van der Waals surface area contributed by atoms with E-state index in [2.05, 4.69) is 39.6 Å². The van der Waals surface area contributed by atoms with E-state index in [4.69, 9.17) is 12.2 Å². The lowest BCUT2D eigenvalue weighted by atomic mass is 10.2. The highest BCUT2D eigenvalue weighted by Gasteiger charge is 2.14. The van der Waals surface area contributed by atoms with Gasteiger partial charge in [-0.15, -0.1) is 0 Å². The Bertz CT molecular complexity index is 1090. The molecule has 1 heterocycles. The van der Waals surface area contributed by atoms with Gasteiger partial charge in [0.1, 0.15) is 11.6 Å². The SMILES string of the molecule is Fc1cccc(Cn2nccc2NC(=S)N(Cc2ccccc2)Cc2ccccc2)c1. The van der Waals surface area contributed by atoms with Gasteiger partial charge in [-0.2, -0.15) is 5.10 Å². The summed E-state index contributed by atoms with van der Waals surface area (Å²) in [5.74, 6) is 0.506. The maximum atomic E-state index is 13.6. The van der Waals surface area contributed by atoms with E-state index in [9.17, 15) is 4.39 Å². The molecular formula is C25H23FN4S. The number of nitrogens with one attached hydrogen (secondary N) is 1. The van der Waals surface area contributed by atoms with Crippen LogP contribution in [0.5, 0.6) is 0 Å². The van der Waals surface area contributed by atoms with Crippen molar-refractivity contribution < 1.29 is 4.39 Å². The Morgan fingerprint density at radius 1 is 0.839 bits per heavy atom. The van der Waals surface area contributed by atoms with Crippen LogP contribution in [0.4, 0.5) is 10.2 Å². The lowest BCUT2D eigenvalue weighted by Gasteiger charge is -2.26. The first-order valence-corrected chi connectivity index (χ1v) is 10.5. The lowest BCUT2D eigenvalue weighted by Crippen LogP contribution is -2.34. The molecule has 4 aromatic rings. The minimum absolute atomic E-state index is 0.258. The lowest BCUT2D eigenvalue weighted by molar-refractivity contribution is 0.412. The number of hydrogen-bond donors (Lipinski definition) is 1. The number of nitrogens with zero attached hydrogens (tertiary/aromatic N) is 3. The van der Waals surface area contributed by atoms with Crippen LogP contribution in [0.25, 0.3) is 0 Å². The molecule has 0 fully saturated rings. The molecule has 0 bridgehead atoms. The van der Waals surface area contributed by atoms with E-state index in [1.807, 2.05) is 48.5 Å². The zero-order valence-corrected chi connectivity index (χ0v) is 17.8. The average molecular weight is 431 g/mol. The molecule has 4 rings (SSSR count). The van der Waals surface area contributed by atoms with Gasteiger partial charge in [-0.3, -0.25) is 0 Å². The van der Waals surface area contributed by atoms with Gasteiger partial charge >= 0.3 is 0 Å². The molecule has 3 aromatic carbocycles. The number of aromatic nitrogens is 2. The van der Waals surface area contributed by atoms with Gasteiger partial charge in [0.25, 0.3) is 0 Å². The first-order chi connectivity index (χ1) is 15.2. The van der Waals surface area contributed by atoms with Gasteiger partial charge in [0.15, 0.2) is 5.11 Å². The third kappa shape index (κ3) is 5.77. The van der Waals surface area contributed by atoms with E-state index < -0.39 is 0 Å². The highest BCUT2D eigenvalue weighted by Crippen LogP contribution is 2.15. The molecule has 0 radical (unpaired) electrons. The average Bonchev–Trinajstić information content (AvgIpc) is 3.21. The Morgan fingerprint density at radius 2 is 1.45 bits per heavy atom. The topological polar surface area (TPSA) is 33.1 Å². The van der Waals surface area contributed by atoms with Gasteiger partial charge in [-0.05, 0) is 41.0 Å². The fraction of sp³-hybridized carbons (Fsp3) is 0.120. The fourth-order valence-electron chi connectivity index (χ4n) is 3.37. The molecule has 4 nitrogen and oxygen atoms in total. The molecule has 0 aliphatic rings. The van der Waals surface area contributed by atoms with Crippen molar-refractivity contribution in [1.82, 2.24) is 14.7 Å². The Morgan fingerprint density at radius 3 is 2.06 bits per heavy atom. The highest BCUT2D eigenvalue weighted by molar-refractivity contribution is 7.80. The molecular weight excluding hydrogens is 407 g/mol. The number of thiocarbonyl (C=S) groups is 1. The maximum absolute atomic E-state index is 13.6. The molecule has 0 atom stereocenters. The van der Waals surface area contributed by atoms with E-state index in [-0.39, 0.29) is 5.82 Å². The molecule has 1 aromatic heterocycles. The van der Waals surface area contributed by atoms with Crippen molar-refractivity contribution in [3.63, 3.8) is 0 Å². The summed E-state index contributed by atoms with van der Waals surface area (Å²) in [5, 5.41) is 8.31. The summed E-state index contributed by atoms with van der Waals surface area (Å²) >= 11 is 5.78. The van der Waals surface area contributed by atoms with Crippen molar-refractivity contribution in [2.45, 2.75) is 19.6 Å². The highest BCUT2D eigenvalue weighted by atomic mass is 32.1. The molecule has 0 aliphatic carbocycles. The van der Waals surface area contributed by atoms with Crippen LogP contribution in [0.1, 0.15) is 16.7 Å². The summed E-state index contributed by atoms with van der Waals surface area (Å²) in [6, 6.07) is 28.9. The normalized spacial score (nSPS) is 10.6. The van der Waals surface area contributed by atoms with Crippen molar-refractivity contribution in [3.8, 4) is 0 Å². The Balaban J connectivity index is 1.51. The second-order valence-electron chi connectivity index (χ2n) is 7.26. The molecule has 0 aliphatic heterocycles. The van der Waals surface area contributed by atoms with Crippen LogP contribution >= 0.6 is 12.2 Å². The first-order valence-electron chi connectivity index (χ1n) is 10.1. The summed E-state index contributed by atoms with van der Waals surface area (Å²) in [5.41, 5.74) is 3.19. The molecule has 156 valence electrons. The third-order valence-electron chi connectivity index (χ3n) is 4.89. The predicted octanol–water partition coefficient (Wildman–Crippen LogP) is 5.47. The number of halogens is 1. The molecule has 0 saturated heterocycles. The second kappa shape index (κ2) is 10.00. The van der Waals surface area contributed by atoms with Crippen LogP contribution in [-0.4, -0.2) is 19.8 Å². The molecule has 0 unspecified atom stereocenters. The summed E-state index contributed by atoms with van der Waals surface area (Å²) in [6.45, 7) is 1.81. The summed E-state index contributed by atoms with van der Waals surface area (Å²) in [6.07, 6.45) is 1.71. The molecule has 0 spiro atoms. The number of hydrogen-bond acceptors (Lipinski definition) is 2. The van der Waals surface area contributed by atoms with E-state index in [0.29, 0.717) is 24.7 Å². The van der Waals surface area contributed by atoms with Crippen molar-refractivity contribution in [3.05, 3.63) is 120 Å². The van der Waals surface area contributed by atoms with Gasteiger partial charge < -0.3 is 10.2 Å². The molecule has 6 heteroatoms. The van der Waals surface area contributed by atoms with Gasteiger partial charge in [0.05, 0.1) is 12.7 Å². The van der Waals surface area contributed by atoms with E-state index in [1.54, 1.807) is 16.9 Å². The van der Waals surface area contributed by atoms with Crippen LogP contribution in [0.15, 0.2) is 97.2 Å². The third-order valence-corrected chi connectivity index (χ3v) is 5.25. The van der Waals surface area contributed by atoms with Crippen LogP contribution in [0.3, 0.4) is 0 Å². The molecule has 0 saturated carbocycles. The summed E-state index contributed by atoms with van der Waals surface area (Å²) < 4.78 is 15.3. The summed E-state index contributed by atoms with van der Waals surface area (Å²) in [4.78, 5) is 2.12. The smallest absolute Gasteiger partial charge is 0.175 e. The maximum Gasteiger partial charge on any atom is 0.175 e. The monoisotopic (exact) mass is 430 g/mol. The predicted molar refractivity (Wildman–Crippen MR) is 126 cm³/mol. The summed E-state index contributed by atoms with van der Waals surface area (Å²) in [7, 11) is 0. The molecule has 1 N–H and O–H groups in total. The second-order valence-corrected chi connectivity index (χ2v) is 7.65. The van der Waals surface area contributed by atoms with Crippen molar-refractivity contribution in [2.75, 3.05) is 5.32 Å².